The molecule has 4 rings (SSSR count). The van der Waals surface area contributed by atoms with E-state index in [4.69, 9.17) is 11.6 Å². The van der Waals surface area contributed by atoms with Crippen LogP contribution in [0.2, 0.25) is 5.02 Å². The molecule has 0 bridgehead atoms. The summed E-state index contributed by atoms with van der Waals surface area (Å²) in [5, 5.41) is 9.95. The van der Waals surface area contributed by atoms with E-state index in [0.717, 1.165) is 36.1 Å². The van der Waals surface area contributed by atoms with E-state index in [9.17, 15) is 4.79 Å². The van der Waals surface area contributed by atoms with Crippen LogP contribution in [-0.4, -0.2) is 37.4 Å². The fourth-order valence-corrected chi connectivity index (χ4v) is 4.75. The molecular formula is C22H23ClN4OS. The maximum Gasteiger partial charge on any atom is 0.236 e. The lowest BCUT2D eigenvalue weighted by Gasteiger charge is -2.30. The van der Waals surface area contributed by atoms with Crippen LogP contribution in [0.4, 0.5) is 0 Å². The monoisotopic (exact) mass is 426 g/mol. The maximum absolute atomic E-state index is 13.1. The van der Waals surface area contributed by atoms with Crippen LogP contribution in [0.5, 0.6) is 0 Å². The molecule has 3 aromatic rings. The number of carbonyl (C=O) groups excluding carboxylic acids is 1. The first-order valence-electron chi connectivity index (χ1n) is 9.78. The van der Waals surface area contributed by atoms with Gasteiger partial charge < -0.3 is 9.47 Å². The number of nitrogens with zero attached hydrogens (tertiary/aromatic N) is 4. The second kappa shape index (κ2) is 8.59. The third-order valence-electron chi connectivity index (χ3n) is 5.21. The van der Waals surface area contributed by atoms with Gasteiger partial charge in [0.2, 0.25) is 5.91 Å². The molecule has 0 radical (unpaired) electrons. The van der Waals surface area contributed by atoms with Crippen molar-refractivity contribution in [2.24, 2.45) is 0 Å². The first kappa shape index (κ1) is 20.0. The van der Waals surface area contributed by atoms with Gasteiger partial charge in [-0.05, 0) is 55.7 Å². The van der Waals surface area contributed by atoms with E-state index in [1.54, 1.807) is 0 Å². The summed E-state index contributed by atoms with van der Waals surface area (Å²) >= 11 is 7.47. The van der Waals surface area contributed by atoms with Crippen LogP contribution < -0.4 is 0 Å². The zero-order valence-electron chi connectivity index (χ0n) is 16.5. The van der Waals surface area contributed by atoms with E-state index >= 15 is 0 Å². The first-order valence-corrected chi connectivity index (χ1v) is 11.0. The second-order valence-electron chi connectivity index (χ2n) is 7.10. The molecule has 1 aliphatic rings. The van der Waals surface area contributed by atoms with E-state index < -0.39 is 0 Å². The van der Waals surface area contributed by atoms with Gasteiger partial charge in [0.25, 0.3) is 0 Å². The summed E-state index contributed by atoms with van der Waals surface area (Å²) in [6.45, 7) is 6.17. The summed E-state index contributed by atoms with van der Waals surface area (Å²) in [6.07, 6.45) is 0.908. The average Bonchev–Trinajstić information content (AvgIpc) is 3.15. The predicted octanol–water partition coefficient (Wildman–Crippen LogP) is 4.68. The van der Waals surface area contributed by atoms with Crippen molar-refractivity contribution in [3.05, 3.63) is 64.7 Å². The van der Waals surface area contributed by atoms with Gasteiger partial charge in [-0.3, -0.25) is 4.79 Å². The van der Waals surface area contributed by atoms with Crippen molar-refractivity contribution in [1.29, 1.82) is 0 Å². The molecule has 0 unspecified atom stereocenters. The number of benzene rings is 2. The molecule has 1 amide bonds. The Hall–Kier alpha value is -2.31. The lowest BCUT2D eigenvalue weighted by atomic mass is 10.00. The van der Waals surface area contributed by atoms with Crippen molar-refractivity contribution in [3.63, 3.8) is 0 Å². The lowest BCUT2D eigenvalue weighted by molar-refractivity contribution is -0.131. The fraction of sp³-hybridized carbons (Fsp3) is 0.318. The maximum atomic E-state index is 13.1. The molecule has 2 aromatic carbocycles. The van der Waals surface area contributed by atoms with Crippen LogP contribution in [0, 0.1) is 0 Å². The molecule has 0 saturated carbocycles. The van der Waals surface area contributed by atoms with Crippen molar-refractivity contribution in [2.75, 3.05) is 6.54 Å². The van der Waals surface area contributed by atoms with E-state index in [0.29, 0.717) is 11.6 Å². The molecule has 0 N–H and O–H groups in total. The highest BCUT2D eigenvalue weighted by molar-refractivity contribution is 8.00. The van der Waals surface area contributed by atoms with Crippen molar-refractivity contribution in [1.82, 2.24) is 19.7 Å². The van der Waals surface area contributed by atoms with Crippen molar-refractivity contribution >= 4 is 29.3 Å². The normalized spacial score (nSPS) is 14.5. The van der Waals surface area contributed by atoms with Crippen LogP contribution in [0.25, 0.3) is 11.4 Å². The summed E-state index contributed by atoms with van der Waals surface area (Å²) in [4.78, 5) is 15.0. The number of hydrogen-bond acceptors (Lipinski definition) is 4. The van der Waals surface area contributed by atoms with Gasteiger partial charge in [0.05, 0.1) is 5.25 Å². The average molecular weight is 427 g/mol. The number of halogens is 1. The zero-order valence-corrected chi connectivity index (χ0v) is 18.1. The molecule has 0 spiro atoms. The summed E-state index contributed by atoms with van der Waals surface area (Å²) in [5.74, 6) is 0.932. The number of carbonyl (C=O) groups is 1. The smallest absolute Gasteiger partial charge is 0.236 e. The van der Waals surface area contributed by atoms with Crippen molar-refractivity contribution in [2.45, 2.75) is 43.8 Å². The molecule has 0 saturated heterocycles. The van der Waals surface area contributed by atoms with Gasteiger partial charge >= 0.3 is 0 Å². The Kier molecular flexibility index (Phi) is 5.92. The van der Waals surface area contributed by atoms with Crippen LogP contribution in [0.15, 0.2) is 53.7 Å². The fourth-order valence-electron chi connectivity index (χ4n) is 3.62. The molecule has 0 aliphatic carbocycles. The third kappa shape index (κ3) is 4.19. The number of aromatic nitrogens is 3. The number of amides is 1. The lowest BCUT2D eigenvalue weighted by Crippen LogP contribution is -2.40. The highest BCUT2D eigenvalue weighted by atomic mass is 35.5. The Balaban J connectivity index is 1.49. The van der Waals surface area contributed by atoms with Crippen molar-refractivity contribution < 1.29 is 4.79 Å². The Labute approximate surface area is 180 Å². The third-order valence-corrected chi connectivity index (χ3v) is 6.53. The molecule has 0 fully saturated rings. The molecule has 7 heteroatoms. The van der Waals surface area contributed by atoms with Crippen LogP contribution >= 0.6 is 23.4 Å². The Morgan fingerprint density at radius 2 is 1.86 bits per heavy atom. The van der Waals surface area contributed by atoms with Gasteiger partial charge in [-0.25, -0.2) is 0 Å². The molecule has 150 valence electrons. The van der Waals surface area contributed by atoms with E-state index in [1.165, 1.54) is 22.9 Å². The topological polar surface area (TPSA) is 51.0 Å². The van der Waals surface area contributed by atoms with Gasteiger partial charge in [0, 0.05) is 30.2 Å². The molecule has 2 heterocycles. The van der Waals surface area contributed by atoms with Crippen molar-refractivity contribution in [3.8, 4) is 11.4 Å². The molecule has 29 heavy (non-hydrogen) atoms. The minimum absolute atomic E-state index is 0.142. The highest BCUT2D eigenvalue weighted by Crippen LogP contribution is 2.29. The molecule has 5 nitrogen and oxygen atoms in total. The van der Waals surface area contributed by atoms with Gasteiger partial charge in [0.1, 0.15) is 0 Å². The van der Waals surface area contributed by atoms with Gasteiger partial charge in [-0.2, -0.15) is 0 Å². The van der Waals surface area contributed by atoms with E-state index in [-0.39, 0.29) is 11.2 Å². The highest BCUT2D eigenvalue weighted by Gasteiger charge is 2.27. The standard InChI is InChI=1S/C22H23ClN4OS/c1-3-27-20(17-8-10-19(23)11-9-17)24-25-22(27)29-15(2)21(28)26-13-12-16-6-4-5-7-18(16)14-26/h4-11,15H,3,12-14H2,1-2H3/t15-/m0/s1. The molecule has 1 aromatic heterocycles. The Bertz CT molecular complexity index is 1020. The van der Waals surface area contributed by atoms with Gasteiger partial charge in [-0.15, -0.1) is 10.2 Å². The van der Waals surface area contributed by atoms with Crippen LogP contribution in [0.3, 0.4) is 0 Å². The molecule has 1 aliphatic heterocycles. The summed E-state index contributed by atoms with van der Waals surface area (Å²) in [6, 6.07) is 15.9. The number of thioether (sulfide) groups is 1. The Morgan fingerprint density at radius 3 is 2.59 bits per heavy atom. The summed E-state index contributed by atoms with van der Waals surface area (Å²) < 4.78 is 2.04. The SMILES string of the molecule is CCn1c(S[C@@H](C)C(=O)N2CCc3ccccc3C2)nnc1-c1ccc(Cl)cc1. The number of hydrogen-bond donors (Lipinski definition) is 0. The summed E-state index contributed by atoms with van der Waals surface area (Å²) in [7, 11) is 0. The quantitative estimate of drug-likeness (QED) is 0.555. The van der Waals surface area contributed by atoms with Crippen LogP contribution in [-0.2, 0) is 24.3 Å². The van der Waals surface area contributed by atoms with Crippen LogP contribution in [0.1, 0.15) is 25.0 Å². The van der Waals surface area contributed by atoms with E-state index in [2.05, 4.69) is 35.3 Å². The Morgan fingerprint density at radius 1 is 1.14 bits per heavy atom. The predicted molar refractivity (Wildman–Crippen MR) is 117 cm³/mol. The minimum atomic E-state index is -0.229. The first-order chi connectivity index (χ1) is 14.1. The van der Waals surface area contributed by atoms with E-state index in [1.807, 2.05) is 46.7 Å². The molecular weight excluding hydrogens is 404 g/mol. The second-order valence-corrected chi connectivity index (χ2v) is 8.84. The number of rotatable bonds is 5. The van der Waals surface area contributed by atoms with Gasteiger partial charge in [-0.1, -0.05) is 47.6 Å². The number of fused-ring (bicyclic) bond motifs is 1. The minimum Gasteiger partial charge on any atom is -0.337 e. The summed E-state index contributed by atoms with van der Waals surface area (Å²) in [5.41, 5.74) is 3.54. The molecule has 1 atom stereocenters. The largest absolute Gasteiger partial charge is 0.337 e. The van der Waals surface area contributed by atoms with Gasteiger partial charge in [0.15, 0.2) is 11.0 Å². The zero-order chi connectivity index (χ0) is 20.4.